The molecule has 74 valence electrons. The molecule has 0 fully saturated rings. The lowest BCUT2D eigenvalue weighted by molar-refractivity contribution is -0.141. The van der Waals surface area contributed by atoms with Crippen molar-refractivity contribution in [3.63, 3.8) is 0 Å². The smallest absolute Gasteiger partial charge is 0.386 e. The van der Waals surface area contributed by atoms with Gasteiger partial charge < -0.3 is 5.11 Å². The maximum atomic E-state index is 12.0. The van der Waals surface area contributed by atoms with E-state index in [0.29, 0.717) is 0 Å². The summed E-state index contributed by atoms with van der Waals surface area (Å²) < 4.78 is 36.0. The minimum absolute atomic E-state index is 0.0456. The van der Waals surface area contributed by atoms with E-state index in [1.807, 2.05) is 0 Å². The molecule has 1 heterocycles. The molecule has 0 saturated heterocycles. The van der Waals surface area contributed by atoms with Crippen LogP contribution in [0.1, 0.15) is 17.5 Å². The molecule has 13 heavy (non-hydrogen) atoms. The topological polar surface area (TPSA) is 48.9 Å². The van der Waals surface area contributed by atoms with Crippen LogP contribution in [-0.2, 0) is 6.18 Å². The number of hydrogen-bond donors (Lipinski definition) is 2. The Morgan fingerprint density at radius 2 is 2.23 bits per heavy atom. The Hall–Kier alpha value is -0.560. The lowest BCUT2D eigenvalue weighted by atomic mass is 10.2. The summed E-state index contributed by atoms with van der Waals surface area (Å²) in [6, 6.07) is 0.784. The average molecular weight is 259 g/mol. The molecule has 0 aliphatic rings. The molecule has 7 heteroatoms. The van der Waals surface area contributed by atoms with E-state index < -0.39 is 18.0 Å². The van der Waals surface area contributed by atoms with Gasteiger partial charge in [-0.3, -0.25) is 5.10 Å². The number of rotatable bonds is 2. The van der Waals surface area contributed by atoms with Crippen molar-refractivity contribution in [2.45, 2.75) is 12.3 Å². The Morgan fingerprint density at radius 1 is 1.62 bits per heavy atom. The molecule has 1 rings (SSSR count). The largest absolute Gasteiger partial charge is 0.435 e. The first kappa shape index (κ1) is 10.5. The van der Waals surface area contributed by atoms with Crippen LogP contribution in [0.2, 0.25) is 0 Å². The Kier molecular flexibility index (Phi) is 2.97. The summed E-state index contributed by atoms with van der Waals surface area (Å²) in [4.78, 5) is 0. The van der Waals surface area contributed by atoms with E-state index in [2.05, 4.69) is 26.1 Å². The van der Waals surface area contributed by atoms with E-state index in [4.69, 9.17) is 5.11 Å². The van der Waals surface area contributed by atoms with Crippen LogP contribution in [0.3, 0.4) is 0 Å². The predicted molar refractivity (Wildman–Crippen MR) is 42.3 cm³/mol. The molecule has 0 spiro atoms. The zero-order chi connectivity index (χ0) is 10.1. The van der Waals surface area contributed by atoms with Crippen LogP contribution >= 0.6 is 15.9 Å². The molecule has 0 amide bonds. The Labute approximate surface area is 80.1 Å². The third kappa shape index (κ3) is 2.44. The van der Waals surface area contributed by atoms with Crippen LogP contribution in [-0.4, -0.2) is 20.6 Å². The molecule has 1 aromatic heterocycles. The van der Waals surface area contributed by atoms with E-state index >= 15 is 0 Å². The number of aromatic nitrogens is 2. The first-order valence-corrected chi connectivity index (χ1v) is 4.44. The molecule has 0 radical (unpaired) electrons. The normalized spacial score (nSPS) is 14.5. The minimum Gasteiger partial charge on any atom is -0.386 e. The fraction of sp³-hybridized carbons (Fsp3) is 0.500. The van der Waals surface area contributed by atoms with Crippen molar-refractivity contribution < 1.29 is 18.3 Å². The van der Waals surface area contributed by atoms with Gasteiger partial charge in [0.1, 0.15) is 6.10 Å². The molecule has 0 bridgehead atoms. The van der Waals surface area contributed by atoms with Crippen LogP contribution in [0.15, 0.2) is 6.07 Å². The van der Waals surface area contributed by atoms with Gasteiger partial charge in [-0.2, -0.15) is 18.3 Å². The van der Waals surface area contributed by atoms with E-state index in [1.165, 1.54) is 0 Å². The number of nitrogens with zero attached hydrogens (tertiary/aromatic N) is 1. The van der Waals surface area contributed by atoms with Gasteiger partial charge in [-0.25, -0.2) is 0 Å². The number of aliphatic hydroxyl groups excluding tert-OH is 1. The molecular weight excluding hydrogens is 253 g/mol. The van der Waals surface area contributed by atoms with E-state index in [9.17, 15) is 13.2 Å². The summed E-state index contributed by atoms with van der Waals surface area (Å²) in [5.74, 6) is 0. The maximum absolute atomic E-state index is 12.0. The molecule has 0 aromatic carbocycles. The fourth-order valence-corrected chi connectivity index (χ4v) is 1.08. The molecule has 0 saturated carbocycles. The highest BCUT2D eigenvalue weighted by atomic mass is 79.9. The highest BCUT2D eigenvalue weighted by Crippen LogP contribution is 2.28. The Balaban J connectivity index is 2.87. The summed E-state index contributed by atoms with van der Waals surface area (Å²) >= 11 is 2.93. The van der Waals surface area contributed by atoms with Gasteiger partial charge >= 0.3 is 6.18 Å². The second-order valence-corrected chi connectivity index (χ2v) is 3.02. The number of aliphatic hydroxyl groups is 1. The van der Waals surface area contributed by atoms with Crippen LogP contribution < -0.4 is 0 Å². The fourth-order valence-electron chi connectivity index (χ4n) is 0.736. The van der Waals surface area contributed by atoms with E-state index in [1.54, 1.807) is 0 Å². The van der Waals surface area contributed by atoms with Crippen molar-refractivity contribution in [1.82, 2.24) is 10.2 Å². The van der Waals surface area contributed by atoms with Crippen LogP contribution in [0.5, 0.6) is 0 Å². The number of aromatic amines is 1. The lowest BCUT2D eigenvalue weighted by Gasteiger charge is -2.01. The summed E-state index contributed by atoms with van der Waals surface area (Å²) in [6.07, 6.45) is -5.47. The van der Waals surface area contributed by atoms with Crippen LogP contribution in [0, 0.1) is 0 Å². The second kappa shape index (κ2) is 3.67. The number of hydrogen-bond acceptors (Lipinski definition) is 2. The minimum atomic E-state index is -4.47. The van der Waals surface area contributed by atoms with E-state index in [0.717, 1.165) is 6.07 Å². The quantitative estimate of drug-likeness (QED) is 0.796. The van der Waals surface area contributed by atoms with Crippen molar-refractivity contribution in [3.8, 4) is 0 Å². The highest BCUT2D eigenvalue weighted by molar-refractivity contribution is 9.09. The second-order valence-electron chi connectivity index (χ2n) is 2.38. The van der Waals surface area contributed by atoms with Crippen LogP contribution in [0.25, 0.3) is 0 Å². The van der Waals surface area contributed by atoms with Crippen molar-refractivity contribution in [1.29, 1.82) is 0 Å². The number of alkyl halides is 4. The third-order valence-corrected chi connectivity index (χ3v) is 2.01. The number of nitrogens with one attached hydrogen (secondary N) is 1. The molecule has 1 atom stereocenters. The SMILES string of the molecule is OC(CBr)c1cc(C(F)(F)F)n[nH]1. The van der Waals surface area contributed by atoms with Crippen molar-refractivity contribution in [2.75, 3.05) is 5.33 Å². The summed E-state index contributed by atoms with van der Waals surface area (Å²) in [5, 5.41) is 14.4. The van der Waals surface area contributed by atoms with Crippen molar-refractivity contribution in [3.05, 3.63) is 17.5 Å². The highest BCUT2D eigenvalue weighted by Gasteiger charge is 2.34. The molecule has 0 aliphatic heterocycles. The first-order valence-electron chi connectivity index (χ1n) is 3.31. The molecular formula is C6H6BrF3N2O. The van der Waals surface area contributed by atoms with Crippen molar-refractivity contribution in [2.24, 2.45) is 0 Å². The van der Waals surface area contributed by atoms with Gasteiger partial charge in [0.15, 0.2) is 5.69 Å². The lowest BCUT2D eigenvalue weighted by Crippen LogP contribution is -2.04. The first-order chi connectivity index (χ1) is 5.95. The summed E-state index contributed by atoms with van der Waals surface area (Å²) in [7, 11) is 0. The summed E-state index contributed by atoms with van der Waals surface area (Å²) in [6.45, 7) is 0. The monoisotopic (exact) mass is 258 g/mol. The molecule has 1 unspecified atom stereocenters. The van der Waals surface area contributed by atoms with Crippen LogP contribution in [0.4, 0.5) is 13.2 Å². The van der Waals surface area contributed by atoms with E-state index in [-0.39, 0.29) is 11.0 Å². The standard InChI is InChI=1S/C6H6BrF3N2O/c7-2-4(13)3-1-5(12-11-3)6(8,9)10/h1,4,13H,2H2,(H,11,12). The van der Waals surface area contributed by atoms with Gasteiger partial charge in [0.25, 0.3) is 0 Å². The predicted octanol–water partition coefficient (Wildman–Crippen LogP) is 1.86. The zero-order valence-corrected chi connectivity index (χ0v) is 7.85. The van der Waals surface area contributed by atoms with Crippen molar-refractivity contribution >= 4 is 15.9 Å². The zero-order valence-electron chi connectivity index (χ0n) is 6.27. The molecule has 3 nitrogen and oxygen atoms in total. The molecule has 2 N–H and O–H groups in total. The molecule has 0 aliphatic carbocycles. The van der Waals surface area contributed by atoms with Gasteiger partial charge in [-0.1, -0.05) is 15.9 Å². The number of H-pyrrole nitrogens is 1. The average Bonchev–Trinajstić information content (AvgIpc) is 2.50. The molecule has 1 aromatic rings. The summed E-state index contributed by atoms with van der Waals surface area (Å²) in [5.41, 5.74) is -0.980. The Bertz CT molecular complexity index is 286. The Morgan fingerprint density at radius 3 is 2.62 bits per heavy atom. The van der Waals surface area contributed by atoms with Gasteiger partial charge in [-0.05, 0) is 6.07 Å². The number of halogens is 4. The van der Waals surface area contributed by atoms with Gasteiger partial charge in [0, 0.05) is 5.33 Å². The van der Waals surface area contributed by atoms with Gasteiger partial charge in [0.05, 0.1) is 5.69 Å². The third-order valence-electron chi connectivity index (χ3n) is 1.39. The maximum Gasteiger partial charge on any atom is 0.435 e. The van der Waals surface area contributed by atoms with Gasteiger partial charge in [0.2, 0.25) is 0 Å². The van der Waals surface area contributed by atoms with Gasteiger partial charge in [-0.15, -0.1) is 0 Å².